The van der Waals surface area contributed by atoms with E-state index < -0.39 is 5.79 Å². The Morgan fingerprint density at radius 3 is 1.81 bits per heavy atom. The molecule has 0 spiro atoms. The number of Topliss-reactive ketones (excluding diaryl/α,β-unsaturated/α-hetero) is 1. The Morgan fingerprint density at radius 1 is 0.938 bits per heavy atom. The van der Waals surface area contributed by atoms with Crippen molar-refractivity contribution in [2.24, 2.45) is 11.8 Å². The quantitative estimate of drug-likeness (QED) is 0.621. The molecular formula is C12H18O4. The van der Waals surface area contributed by atoms with Crippen LogP contribution in [-0.2, 0) is 19.0 Å². The van der Waals surface area contributed by atoms with E-state index in [0.717, 1.165) is 0 Å². The number of ketones is 1. The molecule has 0 aromatic carbocycles. The molecule has 0 amide bonds. The first kappa shape index (κ1) is 10.7. The average molecular weight is 226 g/mol. The Labute approximate surface area is 95.2 Å². The lowest BCUT2D eigenvalue weighted by Gasteiger charge is -2.34. The SMILES string of the molecule is C[C@@H]1C(=O)[C@H](C)C2OC1C1OC(C)(C)OC12. The van der Waals surface area contributed by atoms with Crippen LogP contribution in [-0.4, -0.2) is 36.0 Å². The Balaban J connectivity index is 1.94. The zero-order valence-electron chi connectivity index (χ0n) is 10.1. The molecule has 16 heavy (non-hydrogen) atoms. The summed E-state index contributed by atoms with van der Waals surface area (Å²) in [7, 11) is 0. The van der Waals surface area contributed by atoms with Gasteiger partial charge in [-0.3, -0.25) is 4.79 Å². The second-order valence-electron chi connectivity index (χ2n) is 5.61. The summed E-state index contributed by atoms with van der Waals surface area (Å²) in [6, 6.07) is 0. The van der Waals surface area contributed by atoms with Gasteiger partial charge in [0.15, 0.2) is 5.79 Å². The summed E-state index contributed by atoms with van der Waals surface area (Å²) < 4.78 is 17.6. The van der Waals surface area contributed by atoms with Crippen LogP contribution in [0.2, 0.25) is 0 Å². The molecule has 4 unspecified atom stereocenters. The van der Waals surface area contributed by atoms with Crippen molar-refractivity contribution in [3.05, 3.63) is 0 Å². The van der Waals surface area contributed by atoms with E-state index in [9.17, 15) is 4.79 Å². The van der Waals surface area contributed by atoms with Crippen molar-refractivity contribution in [3.8, 4) is 0 Å². The highest BCUT2D eigenvalue weighted by atomic mass is 16.8. The second-order valence-corrected chi connectivity index (χ2v) is 5.61. The lowest BCUT2D eigenvalue weighted by atomic mass is 9.88. The minimum atomic E-state index is -0.546. The van der Waals surface area contributed by atoms with Gasteiger partial charge in [0.1, 0.15) is 18.0 Å². The first-order valence-corrected chi connectivity index (χ1v) is 5.95. The normalized spacial score (nSPS) is 54.1. The van der Waals surface area contributed by atoms with E-state index in [1.54, 1.807) is 0 Å². The fourth-order valence-electron chi connectivity index (χ4n) is 3.20. The summed E-state index contributed by atoms with van der Waals surface area (Å²) >= 11 is 0. The molecule has 3 saturated heterocycles. The molecule has 2 bridgehead atoms. The molecule has 4 nitrogen and oxygen atoms in total. The van der Waals surface area contributed by atoms with Crippen LogP contribution in [0.1, 0.15) is 27.7 Å². The van der Waals surface area contributed by atoms with Crippen molar-refractivity contribution in [2.75, 3.05) is 0 Å². The number of ether oxygens (including phenoxy) is 3. The molecule has 3 aliphatic heterocycles. The highest BCUT2D eigenvalue weighted by Crippen LogP contribution is 2.46. The Kier molecular flexibility index (Phi) is 2.04. The Bertz CT molecular complexity index is 310. The van der Waals surface area contributed by atoms with Crippen molar-refractivity contribution in [1.29, 1.82) is 0 Å². The third-order valence-corrected chi connectivity index (χ3v) is 4.01. The van der Waals surface area contributed by atoms with Crippen molar-refractivity contribution in [2.45, 2.75) is 57.9 Å². The second kappa shape index (κ2) is 3.06. The number of carbonyl (C=O) groups excluding carboxylic acids is 1. The summed E-state index contributed by atoms with van der Waals surface area (Å²) in [5.41, 5.74) is 0. The molecule has 0 aromatic heterocycles. The average Bonchev–Trinajstić information content (AvgIpc) is 2.65. The van der Waals surface area contributed by atoms with Gasteiger partial charge in [0, 0.05) is 11.8 Å². The van der Waals surface area contributed by atoms with E-state index in [0.29, 0.717) is 0 Å². The number of hydrogen-bond donors (Lipinski definition) is 0. The van der Waals surface area contributed by atoms with Crippen molar-refractivity contribution >= 4 is 5.78 Å². The van der Waals surface area contributed by atoms with E-state index in [-0.39, 0.29) is 42.0 Å². The lowest BCUT2D eigenvalue weighted by Crippen LogP contribution is -2.45. The predicted octanol–water partition coefficient (Wildman–Crippen LogP) is 1.13. The molecular weight excluding hydrogens is 208 g/mol. The van der Waals surface area contributed by atoms with Crippen molar-refractivity contribution < 1.29 is 19.0 Å². The van der Waals surface area contributed by atoms with Gasteiger partial charge in [-0.15, -0.1) is 0 Å². The highest BCUT2D eigenvalue weighted by molar-refractivity contribution is 5.85. The zero-order chi connectivity index (χ0) is 11.7. The van der Waals surface area contributed by atoms with Crippen molar-refractivity contribution in [1.82, 2.24) is 0 Å². The largest absolute Gasteiger partial charge is 0.368 e. The molecule has 0 aromatic rings. The topological polar surface area (TPSA) is 44.8 Å². The smallest absolute Gasteiger partial charge is 0.164 e. The highest BCUT2D eigenvalue weighted by Gasteiger charge is 2.62. The van der Waals surface area contributed by atoms with Crippen LogP contribution in [0.15, 0.2) is 0 Å². The number of rotatable bonds is 0. The van der Waals surface area contributed by atoms with E-state index >= 15 is 0 Å². The zero-order valence-corrected chi connectivity index (χ0v) is 10.1. The summed E-state index contributed by atoms with van der Waals surface area (Å²) in [5.74, 6) is -0.437. The van der Waals surface area contributed by atoms with Crippen LogP contribution in [0.3, 0.4) is 0 Å². The molecule has 3 rings (SSSR count). The third-order valence-electron chi connectivity index (χ3n) is 4.01. The van der Waals surface area contributed by atoms with Gasteiger partial charge >= 0.3 is 0 Å². The van der Waals surface area contributed by atoms with Crippen molar-refractivity contribution in [3.63, 3.8) is 0 Å². The van der Waals surface area contributed by atoms with Crippen LogP contribution >= 0.6 is 0 Å². The predicted molar refractivity (Wildman–Crippen MR) is 55.8 cm³/mol. The molecule has 0 N–H and O–H groups in total. The molecule has 4 heteroatoms. The first-order chi connectivity index (χ1) is 7.41. The number of carbonyl (C=O) groups is 1. The van der Waals surface area contributed by atoms with Gasteiger partial charge in [-0.1, -0.05) is 13.8 Å². The summed E-state index contributed by atoms with van der Waals surface area (Å²) in [6.07, 6.45) is -0.409. The Morgan fingerprint density at radius 2 is 1.38 bits per heavy atom. The maximum atomic E-state index is 12.0. The van der Waals surface area contributed by atoms with Crippen LogP contribution in [0.25, 0.3) is 0 Å². The fraction of sp³-hybridized carbons (Fsp3) is 0.917. The van der Waals surface area contributed by atoms with E-state index in [1.807, 2.05) is 27.7 Å². The van der Waals surface area contributed by atoms with Gasteiger partial charge in [-0.2, -0.15) is 0 Å². The standard InChI is InChI=1S/C12H18O4/c1-5-7(13)6(2)9-11-10(8(5)14-9)15-12(3,4)16-11/h5-6,8-11H,1-4H3/t5-,6+,8?,9?,10?,11?. The molecule has 3 aliphatic rings. The fourth-order valence-corrected chi connectivity index (χ4v) is 3.20. The van der Waals surface area contributed by atoms with Gasteiger partial charge in [-0.25, -0.2) is 0 Å². The molecule has 3 heterocycles. The Hall–Kier alpha value is -0.450. The minimum Gasteiger partial charge on any atom is -0.368 e. The maximum absolute atomic E-state index is 12.0. The van der Waals surface area contributed by atoms with Gasteiger partial charge in [-0.05, 0) is 13.8 Å². The summed E-state index contributed by atoms with van der Waals surface area (Å²) in [4.78, 5) is 12.0. The minimum absolute atomic E-state index is 0.0797. The lowest BCUT2D eigenvalue weighted by molar-refractivity contribution is -0.207. The molecule has 0 saturated carbocycles. The molecule has 90 valence electrons. The van der Waals surface area contributed by atoms with Gasteiger partial charge in [0.25, 0.3) is 0 Å². The summed E-state index contributed by atoms with van der Waals surface area (Å²) in [6.45, 7) is 7.68. The first-order valence-electron chi connectivity index (χ1n) is 5.95. The van der Waals surface area contributed by atoms with Crippen LogP contribution in [0.5, 0.6) is 0 Å². The number of hydrogen-bond acceptors (Lipinski definition) is 4. The summed E-state index contributed by atoms with van der Waals surface area (Å²) in [5, 5.41) is 0. The molecule has 6 atom stereocenters. The van der Waals surface area contributed by atoms with Gasteiger partial charge < -0.3 is 14.2 Å². The van der Waals surface area contributed by atoms with Gasteiger partial charge in [0.2, 0.25) is 0 Å². The van der Waals surface area contributed by atoms with Gasteiger partial charge in [0.05, 0.1) is 12.2 Å². The van der Waals surface area contributed by atoms with Crippen LogP contribution in [0, 0.1) is 11.8 Å². The molecule has 0 aliphatic carbocycles. The molecule has 0 radical (unpaired) electrons. The van der Waals surface area contributed by atoms with E-state index in [2.05, 4.69) is 0 Å². The molecule has 3 fully saturated rings. The number of fused-ring (bicyclic) bond motifs is 5. The van der Waals surface area contributed by atoms with E-state index in [1.165, 1.54) is 0 Å². The van der Waals surface area contributed by atoms with Crippen LogP contribution < -0.4 is 0 Å². The van der Waals surface area contributed by atoms with E-state index in [4.69, 9.17) is 14.2 Å². The maximum Gasteiger partial charge on any atom is 0.164 e. The van der Waals surface area contributed by atoms with Crippen LogP contribution in [0.4, 0.5) is 0 Å². The monoisotopic (exact) mass is 226 g/mol. The third kappa shape index (κ3) is 1.24.